The maximum absolute atomic E-state index is 11.2. The molecule has 1 saturated heterocycles. The zero-order valence-corrected chi connectivity index (χ0v) is 13.0. The van der Waals surface area contributed by atoms with Crippen molar-refractivity contribution in [3.05, 3.63) is 33.9 Å². The number of nitro benzene ring substituents is 1. The predicted octanol–water partition coefficient (Wildman–Crippen LogP) is 2.87. The van der Waals surface area contributed by atoms with Crippen LogP contribution in [0.4, 0.5) is 11.4 Å². The Balaban J connectivity index is 2.15. The van der Waals surface area contributed by atoms with Crippen molar-refractivity contribution in [1.82, 2.24) is 0 Å². The van der Waals surface area contributed by atoms with Crippen LogP contribution >= 0.6 is 0 Å². The number of aliphatic hydroxyl groups excluding tert-OH is 1. The van der Waals surface area contributed by atoms with Gasteiger partial charge in [0.25, 0.3) is 5.69 Å². The maximum Gasteiger partial charge on any atom is 0.292 e. The van der Waals surface area contributed by atoms with Gasteiger partial charge < -0.3 is 14.7 Å². The molecule has 0 radical (unpaired) electrons. The summed E-state index contributed by atoms with van der Waals surface area (Å²) < 4.78 is 5.82. The van der Waals surface area contributed by atoms with Crippen LogP contribution in [0.5, 0.6) is 0 Å². The zero-order valence-electron chi connectivity index (χ0n) is 13.0. The number of hydrogen-bond donors (Lipinski definition) is 1. The first-order valence-corrected chi connectivity index (χ1v) is 7.90. The maximum atomic E-state index is 11.2. The summed E-state index contributed by atoms with van der Waals surface area (Å²) in [6, 6.07) is 4.81. The van der Waals surface area contributed by atoms with Crippen molar-refractivity contribution < 1.29 is 14.8 Å². The summed E-state index contributed by atoms with van der Waals surface area (Å²) in [7, 11) is 0. The van der Waals surface area contributed by atoms with Gasteiger partial charge in [0.05, 0.1) is 17.6 Å². The Hall–Kier alpha value is -1.66. The van der Waals surface area contributed by atoms with E-state index in [2.05, 4.69) is 6.92 Å². The first-order chi connectivity index (χ1) is 10.7. The number of aliphatic hydroxyl groups is 1. The number of rotatable bonds is 6. The van der Waals surface area contributed by atoms with Crippen LogP contribution in [0.3, 0.4) is 0 Å². The van der Waals surface area contributed by atoms with Crippen molar-refractivity contribution in [3.8, 4) is 0 Å². The van der Waals surface area contributed by atoms with Crippen molar-refractivity contribution in [3.63, 3.8) is 0 Å². The van der Waals surface area contributed by atoms with E-state index in [-0.39, 0.29) is 23.3 Å². The van der Waals surface area contributed by atoms with E-state index in [4.69, 9.17) is 4.74 Å². The van der Waals surface area contributed by atoms with Crippen molar-refractivity contribution in [2.75, 3.05) is 24.6 Å². The average Bonchev–Trinajstić information content (AvgIpc) is 2.77. The van der Waals surface area contributed by atoms with Crippen molar-refractivity contribution in [2.45, 2.75) is 45.3 Å². The second kappa shape index (κ2) is 8.10. The summed E-state index contributed by atoms with van der Waals surface area (Å²) in [5.74, 6) is 0. The fraction of sp³-hybridized carbons (Fsp3) is 0.625. The minimum Gasteiger partial charge on any atom is -0.392 e. The molecule has 0 aromatic heterocycles. The third-order valence-electron chi connectivity index (χ3n) is 3.99. The first kappa shape index (κ1) is 16.7. The van der Waals surface area contributed by atoms with Crippen molar-refractivity contribution >= 4 is 11.4 Å². The molecule has 2 rings (SSSR count). The molecule has 1 aliphatic heterocycles. The summed E-state index contributed by atoms with van der Waals surface area (Å²) in [6.45, 7) is 4.27. The third-order valence-corrected chi connectivity index (χ3v) is 3.99. The molecule has 122 valence electrons. The lowest BCUT2D eigenvalue weighted by Crippen LogP contribution is -2.26. The highest BCUT2D eigenvalue weighted by atomic mass is 16.6. The van der Waals surface area contributed by atoms with Gasteiger partial charge in [0.15, 0.2) is 0 Å². The molecule has 1 aliphatic rings. The van der Waals surface area contributed by atoms with Gasteiger partial charge in [0, 0.05) is 25.8 Å². The zero-order chi connectivity index (χ0) is 15.9. The normalized spacial score (nSPS) is 19.0. The van der Waals surface area contributed by atoms with Crippen LogP contribution in [0.2, 0.25) is 0 Å². The van der Waals surface area contributed by atoms with Gasteiger partial charge >= 0.3 is 0 Å². The number of nitrogens with zero attached hydrogens (tertiary/aromatic N) is 2. The van der Waals surface area contributed by atoms with Crippen molar-refractivity contribution in [1.29, 1.82) is 0 Å². The largest absolute Gasteiger partial charge is 0.392 e. The van der Waals surface area contributed by atoms with Crippen LogP contribution in [-0.2, 0) is 11.3 Å². The molecule has 1 N–H and O–H groups in total. The highest BCUT2D eigenvalue weighted by Gasteiger charge is 2.23. The van der Waals surface area contributed by atoms with E-state index in [1.165, 1.54) is 6.07 Å². The fourth-order valence-corrected chi connectivity index (χ4v) is 2.83. The van der Waals surface area contributed by atoms with Gasteiger partial charge in [-0.25, -0.2) is 0 Å². The van der Waals surface area contributed by atoms with Gasteiger partial charge in [-0.05, 0) is 43.4 Å². The van der Waals surface area contributed by atoms with E-state index < -0.39 is 0 Å². The summed E-state index contributed by atoms with van der Waals surface area (Å²) in [5.41, 5.74) is 1.40. The Bertz CT molecular complexity index is 507. The van der Waals surface area contributed by atoms with E-state index in [1.807, 2.05) is 4.90 Å². The first-order valence-electron chi connectivity index (χ1n) is 7.90. The smallest absolute Gasteiger partial charge is 0.292 e. The molecule has 1 aromatic rings. The molecule has 6 nitrogen and oxygen atoms in total. The molecule has 0 aliphatic carbocycles. The van der Waals surface area contributed by atoms with Crippen LogP contribution in [0.15, 0.2) is 18.2 Å². The van der Waals surface area contributed by atoms with Crippen LogP contribution < -0.4 is 4.90 Å². The number of anilines is 1. The molecule has 1 unspecified atom stereocenters. The molecule has 0 amide bonds. The minimum atomic E-state index is -0.355. The van der Waals surface area contributed by atoms with Crippen LogP contribution in [0, 0.1) is 10.1 Å². The molecule has 22 heavy (non-hydrogen) atoms. The second-order valence-corrected chi connectivity index (χ2v) is 5.65. The van der Waals surface area contributed by atoms with Gasteiger partial charge in [0.2, 0.25) is 0 Å². The number of nitro groups is 1. The Morgan fingerprint density at radius 1 is 1.41 bits per heavy atom. The standard InChI is InChI=1S/C16H24N2O4/c1-2-10-22-14-4-3-8-17(9-7-14)16-11-13(12-19)5-6-15(16)18(20)21/h5-6,11,14,19H,2-4,7-10,12H2,1H3. The van der Waals surface area contributed by atoms with Crippen LogP contribution in [-0.4, -0.2) is 35.8 Å². The van der Waals surface area contributed by atoms with Gasteiger partial charge in [-0.3, -0.25) is 10.1 Å². The second-order valence-electron chi connectivity index (χ2n) is 5.65. The average molecular weight is 308 g/mol. The van der Waals surface area contributed by atoms with Crippen LogP contribution in [0.25, 0.3) is 0 Å². The Labute approximate surface area is 130 Å². The van der Waals surface area contributed by atoms with Crippen LogP contribution in [0.1, 0.15) is 38.2 Å². The quantitative estimate of drug-likeness (QED) is 0.646. The lowest BCUT2D eigenvalue weighted by molar-refractivity contribution is -0.384. The van der Waals surface area contributed by atoms with Gasteiger partial charge in [-0.2, -0.15) is 0 Å². The highest BCUT2D eigenvalue weighted by molar-refractivity contribution is 5.64. The topological polar surface area (TPSA) is 75.8 Å². The van der Waals surface area contributed by atoms with Gasteiger partial charge in [0.1, 0.15) is 5.69 Å². The van der Waals surface area contributed by atoms with E-state index in [0.717, 1.165) is 45.4 Å². The molecule has 0 spiro atoms. The van der Waals surface area contributed by atoms with E-state index in [0.29, 0.717) is 11.3 Å². The molecular formula is C16H24N2O4. The molecule has 1 fully saturated rings. The third kappa shape index (κ3) is 4.18. The molecular weight excluding hydrogens is 284 g/mol. The fourth-order valence-electron chi connectivity index (χ4n) is 2.83. The summed E-state index contributed by atoms with van der Waals surface area (Å²) in [6.07, 6.45) is 4.06. The predicted molar refractivity (Wildman–Crippen MR) is 85.1 cm³/mol. The number of hydrogen-bond acceptors (Lipinski definition) is 5. The molecule has 0 saturated carbocycles. The number of benzene rings is 1. The molecule has 0 bridgehead atoms. The Kier molecular flexibility index (Phi) is 6.15. The minimum absolute atomic E-state index is 0.102. The molecule has 6 heteroatoms. The van der Waals surface area contributed by atoms with Gasteiger partial charge in [-0.1, -0.05) is 6.92 Å². The lowest BCUT2D eigenvalue weighted by Gasteiger charge is -2.23. The Morgan fingerprint density at radius 2 is 2.23 bits per heavy atom. The SMILES string of the molecule is CCCOC1CCCN(c2cc(CO)ccc2[N+](=O)[O-])CC1. The lowest BCUT2D eigenvalue weighted by atomic mass is 10.1. The highest BCUT2D eigenvalue weighted by Crippen LogP contribution is 2.31. The van der Waals surface area contributed by atoms with E-state index >= 15 is 0 Å². The summed E-state index contributed by atoms with van der Waals surface area (Å²) >= 11 is 0. The molecule has 1 heterocycles. The van der Waals surface area contributed by atoms with E-state index in [9.17, 15) is 15.2 Å². The number of ether oxygens (including phenoxy) is 1. The van der Waals surface area contributed by atoms with Crippen molar-refractivity contribution in [2.24, 2.45) is 0 Å². The van der Waals surface area contributed by atoms with E-state index in [1.54, 1.807) is 12.1 Å². The van der Waals surface area contributed by atoms with Gasteiger partial charge in [-0.15, -0.1) is 0 Å². The summed E-state index contributed by atoms with van der Waals surface area (Å²) in [4.78, 5) is 12.9. The molecule has 1 atom stereocenters. The summed E-state index contributed by atoms with van der Waals surface area (Å²) in [5, 5.41) is 20.5. The molecule has 1 aromatic carbocycles. The Morgan fingerprint density at radius 3 is 2.91 bits per heavy atom. The monoisotopic (exact) mass is 308 g/mol.